The number of urea groups is 1. The third kappa shape index (κ3) is 3.93. The number of carbonyl (C=O) groups is 1. The molecular formula is C19H19ClN4O3. The normalized spacial score (nSPS) is 13.3. The molecule has 2 amide bonds. The molecule has 1 aromatic carbocycles. The number of aromatic nitrogens is 2. The molecule has 4 rings (SSSR count). The minimum Gasteiger partial charge on any atom is -0.490 e. The zero-order chi connectivity index (χ0) is 18.8. The van der Waals surface area contributed by atoms with Crippen LogP contribution < -0.4 is 20.1 Å². The van der Waals surface area contributed by atoms with E-state index in [0.717, 1.165) is 23.3 Å². The van der Waals surface area contributed by atoms with Gasteiger partial charge in [-0.25, -0.2) is 9.78 Å². The molecule has 0 radical (unpaired) electrons. The smallest absolute Gasteiger partial charge is 0.319 e. The van der Waals surface area contributed by atoms with E-state index in [-0.39, 0.29) is 6.03 Å². The van der Waals surface area contributed by atoms with Gasteiger partial charge in [0.15, 0.2) is 11.5 Å². The number of fused-ring (bicyclic) bond motifs is 2. The molecule has 140 valence electrons. The molecule has 0 atom stereocenters. The minimum absolute atomic E-state index is 0.300. The average Bonchev–Trinajstić information content (AvgIpc) is 2.91. The van der Waals surface area contributed by atoms with Gasteiger partial charge in [0.25, 0.3) is 0 Å². The lowest BCUT2D eigenvalue weighted by molar-refractivity contribution is 0.251. The van der Waals surface area contributed by atoms with Crippen molar-refractivity contribution in [3.63, 3.8) is 0 Å². The Morgan fingerprint density at radius 2 is 2.00 bits per heavy atom. The number of aryl methyl sites for hydroxylation is 1. The number of hydrogen-bond donors (Lipinski definition) is 2. The number of ether oxygens (including phenoxy) is 2. The number of anilines is 1. The van der Waals surface area contributed by atoms with Crippen LogP contribution in [-0.4, -0.2) is 28.6 Å². The lowest BCUT2D eigenvalue weighted by Crippen LogP contribution is -2.28. The second kappa shape index (κ2) is 7.36. The van der Waals surface area contributed by atoms with Crippen molar-refractivity contribution >= 4 is 29.0 Å². The highest BCUT2D eigenvalue weighted by Crippen LogP contribution is 2.37. The number of nitrogens with one attached hydrogen (secondary N) is 2. The topological polar surface area (TPSA) is 76.9 Å². The van der Waals surface area contributed by atoms with Gasteiger partial charge < -0.3 is 24.5 Å². The first-order valence-corrected chi connectivity index (χ1v) is 9.04. The van der Waals surface area contributed by atoms with Crippen molar-refractivity contribution in [2.24, 2.45) is 0 Å². The van der Waals surface area contributed by atoms with E-state index in [1.54, 1.807) is 12.1 Å². The summed E-state index contributed by atoms with van der Waals surface area (Å²) in [5.41, 5.74) is 3.20. The fourth-order valence-electron chi connectivity index (χ4n) is 2.86. The molecule has 0 unspecified atom stereocenters. The fraction of sp³-hybridized carbons (Fsp3) is 0.263. The van der Waals surface area contributed by atoms with Gasteiger partial charge in [0, 0.05) is 30.9 Å². The van der Waals surface area contributed by atoms with E-state index in [0.29, 0.717) is 42.0 Å². The number of amides is 2. The summed E-state index contributed by atoms with van der Waals surface area (Å²) in [6.07, 6.45) is 4.68. The number of nitrogens with zero attached hydrogens (tertiary/aromatic N) is 2. The molecular weight excluding hydrogens is 368 g/mol. The lowest BCUT2D eigenvalue weighted by atomic mass is 10.2. The van der Waals surface area contributed by atoms with Crippen LogP contribution in [0.3, 0.4) is 0 Å². The molecule has 0 spiro atoms. The Labute approximate surface area is 161 Å². The van der Waals surface area contributed by atoms with E-state index >= 15 is 0 Å². The number of benzene rings is 1. The summed E-state index contributed by atoms with van der Waals surface area (Å²) in [5.74, 6) is 1.16. The van der Waals surface area contributed by atoms with Crippen LogP contribution in [0, 0.1) is 6.92 Å². The largest absolute Gasteiger partial charge is 0.490 e. The third-order valence-electron chi connectivity index (χ3n) is 4.16. The molecule has 0 saturated heterocycles. The van der Waals surface area contributed by atoms with Gasteiger partial charge >= 0.3 is 6.03 Å². The molecule has 1 aliphatic heterocycles. The Morgan fingerprint density at radius 1 is 1.22 bits per heavy atom. The highest BCUT2D eigenvalue weighted by Gasteiger charge is 2.15. The Bertz CT molecular complexity index is 1000. The summed E-state index contributed by atoms with van der Waals surface area (Å²) in [6.45, 7) is 3.46. The van der Waals surface area contributed by atoms with Crippen molar-refractivity contribution in [3.05, 3.63) is 52.9 Å². The van der Waals surface area contributed by atoms with Crippen molar-refractivity contribution in [1.29, 1.82) is 0 Å². The molecule has 7 nitrogen and oxygen atoms in total. The van der Waals surface area contributed by atoms with Gasteiger partial charge in [-0.15, -0.1) is 0 Å². The molecule has 2 N–H and O–H groups in total. The van der Waals surface area contributed by atoms with Crippen LogP contribution in [0.15, 0.2) is 36.7 Å². The maximum Gasteiger partial charge on any atom is 0.319 e. The molecule has 3 aromatic rings. The van der Waals surface area contributed by atoms with Crippen LogP contribution in [-0.2, 0) is 6.54 Å². The lowest BCUT2D eigenvalue weighted by Gasteiger charge is -2.12. The van der Waals surface area contributed by atoms with Crippen LogP contribution in [0.2, 0.25) is 5.02 Å². The van der Waals surface area contributed by atoms with Crippen molar-refractivity contribution < 1.29 is 14.3 Å². The summed E-state index contributed by atoms with van der Waals surface area (Å²) in [6, 6.07) is 6.90. The quantitative estimate of drug-likeness (QED) is 0.718. The highest BCUT2D eigenvalue weighted by molar-refractivity contribution is 6.34. The molecule has 27 heavy (non-hydrogen) atoms. The number of pyridine rings is 1. The van der Waals surface area contributed by atoms with Gasteiger partial charge in [0.05, 0.1) is 36.2 Å². The van der Waals surface area contributed by atoms with Crippen molar-refractivity contribution in [3.8, 4) is 11.5 Å². The number of carbonyl (C=O) groups excluding carboxylic acids is 1. The Morgan fingerprint density at radius 3 is 2.81 bits per heavy atom. The van der Waals surface area contributed by atoms with E-state index in [1.807, 2.05) is 35.9 Å². The predicted octanol–water partition coefficient (Wildman–Crippen LogP) is 3.78. The summed E-state index contributed by atoms with van der Waals surface area (Å²) in [4.78, 5) is 16.7. The Kier molecular flexibility index (Phi) is 4.77. The first-order valence-electron chi connectivity index (χ1n) is 8.67. The molecule has 0 bridgehead atoms. The number of imidazole rings is 1. The number of hydrogen-bond acceptors (Lipinski definition) is 4. The summed E-state index contributed by atoms with van der Waals surface area (Å²) >= 11 is 6.25. The minimum atomic E-state index is -0.375. The number of rotatable bonds is 3. The van der Waals surface area contributed by atoms with Crippen LogP contribution in [0.5, 0.6) is 11.5 Å². The Hall–Kier alpha value is -2.93. The molecule has 2 aromatic heterocycles. The maximum absolute atomic E-state index is 12.3. The van der Waals surface area contributed by atoms with Gasteiger partial charge in [0.2, 0.25) is 0 Å². The van der Waals surface area contributed by atoms with Crippen molar-refractivity contribution in [2.45, 2.75) is 19.9 Å². The standard InChI is InChI=1S/C19H19ClN4O3/c1-12-3-4-18-22-13(11-24(18)10-12)9-21-19(25)23-15-8-17-16(7-14(15)20)26-5-2-6-27-17/h3-4,7-8,10-11H,2,5-6,9H2,1H3,(H2,21,23,25). The summed E-state index contributed by atoms with van der Waals surface area (Å²) in [7, 11) is 0. The monoisotopic (exact) mass is 386 g/mol. The van der Waals surface area contributed by atoms with Crippen LogP contribution in [0.25, 0.3) is 5.65 Å². The van der Waals surface area contributed by atoms with Crippen molar-refractivity contribution in [2.75, 3.05) is 18.5 Å². The zero-order valence-electron chi connectivity index (χ0n) is 14.8. The van der Waals surface area contributed by atoms with Gasteiger partial charge in [0.1, 0.15) is 5.65 Å². The Balaban J connectivity index is 1.42. The molecule has 0 saturated carbocycles. The molecule has 0 aliphatic carbocycles. The van der Waals surface area contributed by atoms with Gasteiger partial charge in [-0.3, -0.25) is 0 Å². The zero-order valence-corrected chi connectivity index (χ0v) is 15.5. The average molecular weight is 387 g/mol. The van der Waals surface area contributed by atoms with Gasteiger partial charge in [-0.05, 0) is 18.6 Å². The fourth-order valence-corrected chi connectivity index (χ4v) is 3.06. The van der Waals surface area contributed by atoms with Crippen molar-refractivity contribution in [1.82, 2.24) is 14.7 Å². The summed E-state index contributed by atoms with van der Waals surface area (Å²) < 4.78 is 13.1. The van der Waals surface area contributed by atoms with Crippen LogP contribution in [0.1, 0.15) is 17.7 Å². The van der Waals surface area contributed by atoms with E-state index in [2.05, 4.69) is 15.6 Å². The highest BCUT2D eigenvalue weighted by atomic mass is 35.5. The summed E-state index contributed by atoms with van der Waals surface area (Å²) in [5, 5.41) is 5.91. The van der Waals surface area contributed by atoms with E-state index in [9.17, 15) is 4.79 Å². The van der Waals surface area contributed by atoms with E-state index < -0.39 is 0 Å². The second-order valence-electron chi connectivity index (χ2n) is 6.34. The van der Waals surface area contributed by atoms with Gasteiger partial charge in [-0.2, -0.15) is 0 Å². The van der Waals surface area contributed by atoms with E-state index in [4.69, 9.17) is 21.1 Å². The molecule has 8 heteroatoms. The first kappa shape index (κ1) is 17.5. The van der Waals surface area contributed by atoms with Crippen LogP contribution in [0.4, 0.5) is 10.5 Å². The predicted molar refractivity (Wildman–Crippen MR) is 103 cm³/mol. The van der Waals surface area contributed by atoms with Gasteiger partial charge in [-0.1, -0.05) is 17.7 Å². The molecule has 3 heterocycles. The third-order valence-corrected chi connectivity index (χ3v) is 4.48. The van der Waals surface area contributed by atoms with Crippen LogP contribution >= 0.6 is 11.6 Å². The van der Waals surface area contributed by atoms with E-state index in [1.165, 1.54) is 0 Å². The second-order valence-corrected chi connectivity index (χ2v) is 6.75. The molecule has 0 fully saturated rings. The maximum atomic E-state index is 12.3. The number of halogens is 1. The SMILES string of the molecule is Cc1ccc2nc(CNC(=O)Nc3cc4c(cc3Cl)OCCCO4)cn2c1. The molecule has 1 aliphatic rings. The first-order chi connectivity index (χ1) is 13.1.